The summed E-state index contributed by atoms with van der Waals surface area (Å²) < 4.78 is 0. The quantitative estimate of drug-likeness (QED) is 0.616. The van der Waals surface area contributed by atoms with Gasteiger partial charge in [-0.2, -0.15) is 5.26 Å². The number of halogens is 1. The molecule has 2 nitrogen and oxygen atoms in total. The zero-order chi connectivity index (χ0) is 10.1. The van der Waals surface area contributed by atoms with Crippen LogP contribution in [0.1, 0.15) is 11.1 Å². The molecule has 0 spiro atoms. The summed E-state index contributed by atoms with van der Waals surface area (Å²) in [6.45, 7) is 1.81. The molecule has 0 saturated carbocycles. The molecular weight excluding hydrogens is 196 g/mol. The predicted octanol–water partition coefficient (Wildman–Crippen LogP) is 3.07. The fraction of sp³-hybridized carbons (Fsp3) is 0.0909. The number of rotatable bonds is 0. The van der Waals surface area contributed by atoms with Crippen LogP contribution in [0.2, 0.25) is 5.15 Å². The molecule has 0 fully saturated rings. The molecule has 0 bridgehead atoms. The Morgan fingerprint density at radius 1 is 1.36 bits per heavy atom. The highest BCUT2D eigenvalue weighted by molar-refractivity contribution is 6.30. The average molecular weight is 203 g/mol. The van der Waals surface area contributed by atoms with Crippen molar-refractivity contribution in [1.29, 1.82) is 5.26 Å². The van der Waals surface area contributed by atoms with Crippen molar-refractivity contribution < 1.29 is 0 Å². The molecule has 0 unspecified atom stereocenters. The van der Waals surface area contributed by atoms with Gasteiger partial charge in [-0.15, -0.1) is 0 Å². The van der Waals surface area contributed by atoms with Crippen molar-refractivity contribution in [3.8, 4) is 6.07 Å². The van der Waals surface area contributed by atoms with Gasteiger partial charge in [0.1, 0.15) is 11.2 Å². The van der Waals surface area contributed by atoms with Crippen LogP contribution in [0, 0.1) is 18.3 Å². The minimum absolute atomic E-state index is 0.403. The number of pyridine rings is 1. The van der Waals surface area contributed by atoms with Gasteiger partial charge in [-0.3, -0.25) is 0 Å². The van der Waals surface area contributed by atoms with Crippen LogP contribution in [0.5, 0.6) is 0 Å². The standard InChI is InChI=1S/C11H7ClN2/c1-7-9(6-13)8-4-2-3-5-10(8)14-11(7)12/h2-5H,1H3. The van der Waals surface area contributed by atoms with Gasteiger partial charge in [0.2, 0.25) is 0 Å². The number of benzene rings is 1. The Bertz CT molecular complexity index is 541. The summed E-state index contributed by atoms with van der Waals surface area (Å²) in [7, 11) is 0. The van der Waals surface area contributed by atoms with Crippen molar-refractivity contribution in [3.05, 3.63) is 40.5 Å². The van der Waals surface area contributed by atoms with Gasteiger partial charge >= 0.3 is 0 Å². The molecule has 2 rings (SSSR count). The van der Waals surface area contributed by atoms with Crippen LogP contribution in [0.25, 0.3) is 10.9 Å². The number of nitriles is 1. The Balaban J connectivity index is 2.98. The second-order valence-corrected chi connectivity index (χ2v) is 3.39. The molecule has 0 N–H and O–H groups in total. The third-order valence-corrected chi connectivity index (χ3v) is 2.56. The van der Waals surface area contributed by atoms with E-state index in [0.29, 0.717) is 10.7 Å². The lowest BCUT2D eigenvalue weighted by molar-refractivity contribution is 1.31. The molecule has 0 aliphatic rings. The molecule has 14 heavy (non-hydrogen) atoms. The molecule has 68 valence electrons. The van der Waals surface area contributed by atoms with Gasteiger partial charge in [0.05, 0.1) is 11.1 Å². The van der Waals surface area contributed by atoms with E-state index in [-0.39, 0.29) is 0 Å². The van der Waals surface area contributed by atoms with Gasteiger partial charge in [-0.25, -0.2) is 4.98 Å². The maximum atomic E-state index is 9.00. The van der Waals surface area contributed by atoms with E-state index in [1.165, 1.54) is 0 Å². The van der Waals surface area contributed by atoms with E-state index < -0.39 is 0 Å². The normalized spacial score (nSPS) is 10.1. The predicted molar refractivity (Wildman–Crippen MR) is 56.2 cm³/mol. The van der Waals surface area contributed by atoms with Crippen LogP contribution in [0.15, 0.2) is 24.3 Å². The lowest BCUT2D eigenvalue weighted by atomic mass is 10.1. The second-order valence-electron chi connectivity index (χ2n) is 3.03. The summed E-state index contributed by atoms with van der Waals surface area (Å²) in [5.74, 6) is 0. The van der Waals surface area contributed by atoms with Gasteiger partial charge in [-0.05, 0) is 13.0 Å². The number of fused-ring (bicyclic) bond motifs is 1. The number of hydrogen-bond donors (Lipinski definition) is 0. The third kappa shape index (κ3) is 1.23. The molecule has 0 amide bonds. The van der Waals surface area contributed by atoms with Gasteiger partial charge in [0, 0.05) is 10.9 Å². The highest BCUT2D eigenvalue weighted by Gasteiger charge is 2.08. The summed E-state index contributed by atoms with van der Waals surface area (Å²) in [5, 5.41) is 10.3. The van der Waals surface area contributed by atoms with Crippen LogP contribution in [0.3, 0.4) is 0 Å². The second kappa shape index (κ2) is 3.28. The van der Waals surface area contributed by atoms with E-state index in [9.17, 15) is 0 Å². The lowest BCUT2D eigenvalue weighted by Gasteiger charge is -2.04. The minimum atomic E-state index is 0.403. The van der Waals surface area contributed by atoms with Gasteiger partial charge in [0.15, 0.2) is 0 Å². The van der Waals surface area contributed by atoms with Crippen LogP contribution in [-0.2, 0) is 0 Å². The topological polar surface area (TPSA) is 36.7 Å². The molecule has 0 atom stereocenters. The van der Waals surface area contributed by atoms with Crippen LogP contribution in [-0.4, -0.2) is 4.98 Å². The number of hydrogen-bond acceptors (Lipinski definition) is 2. The Kier molecular flexibility index (Phi) is 2.11. The van der Waals surface area contributed by atoms with Crippen LogP contribution >= 0.6 is 11.6 Å². The molecule has 1 heterocycles. The van der Waals surface area contributed by atoms with Crippen molar-refractivity contribution >= 4 is 22.5 Å². The Morgan fingerprint density at radius 2 is 2.07 bits per heavy atom. The molecule has 3 heteroatoms. The fourth-order valence-electron chi connectivity index (χ4n) is 1.42. The molecule has 0 aliphatic heterocycles. The molecule has 1 aromatic carbocycles. The first kappa shape index (κ1) is 8.98. The smallest absolute Gasteiger partial charge is 0.134 e. The van der Waals surface area contributed by atoms with E-state index in [1.54, 1.807) is 6.92 Å². The molecule has 0 radical (unpaired) electrons. The third-order valence-electron chi connectivity index (χ3n) is 2.19. The maximum Gasteiger partial charge on any atom is 0.134 e. The lowest BCUT2D eigenvalue weighted by Crippen LogP contribution is -1.90. The van der Waals surface area contributed by atoms with Gasteiger partial charge in [-0.1, -0.05) is 29.8 Å². The van der Waals surface area contributed by atoms with Crippen LogP contribution in [0.4, 0.5) is 0 Å². The van der Waals surface area contributed by atoms with Crippen LogP contribution < -0.4 is 0 Å². The summed E-state index contributed by atoms with van der Waals surface area (Å²) >= 11 is 5.91. The molecule has 2 aromatic rings. The molecule has 0 saturated heterocycles. The zero-order valence-corrected chi connectivity index (χ0v) is 8.34. The molecular formula is C11H7ClN2. The SMILES string of the molecule is Cc1c(Cl)nc2ccccc2c1C#N. The highest BCUT2D eigenvalue weighted by atomic mass is 35.5. The largest absolute Gasteiger partial charge is 0.236 e. The molecule has 1 aromatic heterocycles. The number of nitrogens with zero attached hydrogens (tertiary/aromatic N) is 2. The van der Waals surface area contributed by atoms with Crippen molar-refractivity contribution in [1.82, 2.24) is 4.98 Å². The minimum Gasteiger partial charge on any atom is -0.236 e. The van der Waals surface area contributed by atoms with Gasteiger partial charge < -0.3 is 0 Å². The summed E-state index contributed by atoms with van der Waals surface area (Å²) in [6, 6.07) is 9.65. The Labute approximate surface area is 86.8 Å². The van der Waals surface area contributed by atoms with Crippen molar-refractivity contribution in [3.63, 3.8) is 0 Å². The van der Waals surface area contributed by atoms with E-state index >= 15 is 0 Å². The number of para-hydroxylation sites is 1. The van der Waals surface area contributed by atoms with Gasteiger partial charge in [0.25, 0.3) is 0 Å². The zero-order valence-electron chi connectivity index (χ0n) is 7.58. The van der Waals surface area contributed by atoms with Crippen molar-refractivity contribution in [2.75, 3.05) is 0 Å². The fourth-order valence-corrected chi connectivity index (χ4v) is 1.61. The Hall–Kier alpha value is -1.59. The summed E-state index contributed by atoms with van der Waals surface area (Å²) in [6.07, 6.45) is 0. The maximum absolute atomic E-state index is 9.00. The first-order valence-electron chi connectivity index (χ1n) is 4.19. The van der Waals surface area contributed by atoms with E-state index in [4.69, 9.17) is 16.9 Å². The number of aromatic nitrogens is 1. The average Bonchev–Trinajstić information content (AvgIpc) is 2.20. The monoisotopic (exact) mass is 202 g/mol. The summed E-state index contributed by atoms with van der Waals surface area (Å²) in [5.41, 5.74) is 2.12. The summed E-state index contributed by atoms with van der Waals surface area (Å²) in [4.78, 5) is 4.20. The van der Waals surface area contributed by atoms with E-state index in [2.05, 4.69) is 11.1 Å². The first-order chi connectivity index (χ1) is 6.74. The highest BCUT2D eigenvalue weighted by Crippen LogP contribution is 2.24. The van der Waals surface area contributed by atoms with E-state index in [0.717, 1.165) is 16.5 Å². The Morgan fingerprint density at radius 3 is 2.79 bits per heavy atom. The van der Waals surface area contributed by atoms with E-state index in [1.807, 2.05) is 24.3 Å². The first-order valence-corrected chi connectivity index (χ1v) is 4.57. The van der Waals surface area contributed by atoms with Crippen molar-refractivity contribution in [2.24, 2.45) is 0 Å². The van der Waals surface area contributed by atoms with Crippen molar-refractivity contribution in [2.45, 2.75) is 6.92 Å². The molecule has 0 aliphatic carbocycles.